The summed E-state index contributed by atoms with van der Waals surface area (Å²) in [7, 11) is 0. The summed E-state index contributed by atoms with van der Waals surface area (Å²) in [5, 5.41) is 2.60. The van der Waals surface area contributed by atoms with Crippen molar-refractivity contribution in [3.05, 3.63) is 72.1 Å². The minimum Gasteiger partial charge on any atom is -0.458 e. The predicted molar refractivity (Wildman–Crippen MR) is 107 cm³/mol. The highest BCUT2D eigenvalue weighted by atomic mass is 16.6. The number of benzene rings is 1. The molecule has 1 unspecified atom stereocenters. The van der Waals surface area contributed by atoms with Crippen molar-refractivity contribution in [2.75, 3.05) is 0 Å². The molecule has 1 aromatic heterocycles. The molecule has 1 N–H and O–H groups in total. The predicted octanol–water partition coefficient (Wildman–Crippen LogP) is 3.90. The van der Waals surface area contributed by atoms with Crippen molar-refractivity contribution in [1.29, 1.82) is 0 Å². The fraction of sp³-hybridized carbons (Fsp3) is 0.318. The Balaban J connectivity index is 2.04. The summed E-state index contributed by atoms with van der Waals surface area (Å²) in [6.07, 6.45) is 2.83. The normalized spacial score (nSPS) is 12.0. The summed E-state index contributed by atoms with van der Waals surface area (Å²) in [5.74, 6) is -0.531. The van der Waals surface area contributed by atoms with Gasteiger partial charge in [-0.25, -0.2) is 9.59 Å². The molecule has 0 saturated carbocycles. The minimum atomic E-state index is -0.890. The maximum absolute atomic E-state index is 12.6. The molecule has 28 heavy (non-hydrogen) atoms. The lowest BCUT2D eigenvalue weighted by molar-refractivity contribution is -0.157. The number of esters is 1. The number of carbonyl (C=O) groups is 2. The van der Waals surface area contributed by atoms with E-state index in [1.54, 1.807) is 39.1 Å². The number of carbonyl (C=O) groups excluding carboxylic acids is 2. The van der Waals surface area contributed by atoms with E-state index in [1.807, 2.05) is 36.4 Å². The number of pyridine rings is 1. The topological polar surface area (TPSA) is 77.5 Å². The molecule has 0 aliphatic rings. The molecule has 0 spiro atoms. The van der Waals surface area contributed by atoms with Crippen LogP contribution in [0.3, 0.4) is 0 Å². The van der Waals surface area contributed by atoms with Crippen LogP contribution in [0.1, 0.15) is 37.6 Å². The monoisotopic (exact) mass is 382 g/mol. The number of rotatable bonds is 7. The van der Waals surface area contributed by atoms with Crippen LogP contribution in [-0.2, 0) is 27.3 Å². The summed E-state index contributed by atoms with van der Waals surface area (Å²) in [4.78, 5) is 29.0. The van der Waals surface area contributed by atoms with Crippen LogP contribution >= 0.6 is 0 Å². The number of amides is 1. The Kier molecular flexibility index (Phi) is 7.32. The van der Waals surface area contributed by atoms with E-state index in [4.69, 9.17) is 9.47 Å². The molecule has 1 amide bonds. The number of nitrogens with one attached hydrogen (secondary N) is 1. The van der Waals surface area contributed by atoms with Crippen molar-refractivity contribution in [3.63, 3.8) is 0 Å². The molecule has 2 aromatic rings. The third-order valence-corrected chi connectivity index (χ3v) is 3.69. The first-order valence-electron chi connectivity index (χ1n) is 9.04. The molecule has 0 bridgehead atoms. The van der Waals surface area contributed by atoms with Gasteiger partial charge < -0.3 is 14.8 Å². The van der Waals surface area contributed by atoms with Gasteiger partial charge in [-0.3, -0.25) is 4.98 Å². The first kappa shape index (κ1) is 21.2. The molecule has 0 aliphatic carbocycles. The van der Waals surface area contributed by atoms with E-state index in [0.29, 0.717) is 0 Å². The van der Waals surface area contributed by atoms with E-state index in [1.165, 1.54) is 0 Å². The Hall–Kier alpha value is -3.15. The number of ether oxygens (including phenoxy) is 2. The lowest BCUT2D eigenvalue weighted by atomic mass is 10.1. The Bertz CT molecular complexity index is 796. The van der Waals surface area contributed by atoms with Crippen LogP contribution in [0.4, 0.5) is 4.79 Å². The summed E-state index contributed by atoms with van der Waals surface area (Å²) in [6, 6.07) is 12.0. The van der Waals surface area contributed by atoms with Crippen molar-refractivity contribution in [2.45, 2.75) is 45.4 Å². The van der Waals surface area contributed by atoms with Gasteiger partial charge in [0.2, 0.25) is 0 Å². The van der Waals surface area contributed by atoms with E-state index in [9.17, 15) is 9.59 Å². The van der Waals surface area contributed by atoms with Gasteiger partial charge in [0.15, 0.2) is 0 Å². The van der Waals surface area contributed by atoms with Crippen molar-refractivity contribution in [1.82, 2.24) is 10.3 Å². The average molecular weight is 382 g/mol. The molecular weight excluding hydrogens is 356 g/mol. The maximum atomic E-state index is 12.6. The highest BCUT2D eigenvalue weighted by Crippen LogP contribution is 2.12. The van der Waals surface area contributed by atoms with Gasteiger partial charge in [-0.05, 0) is 44.0 Å². The van der Waals surface area contributed by atoms with Crippen molar-refractivity contribution < 1.29 is 19.1 Å². The van der Waals surface area contributed by atoms with Crippen molar-refractivity contribution >= 4 is 18.1 Å². The fourth-order valence-electron chi connectivity index (χ4n) is 2.39. The molecule has 1 heterocycles. The molecule has 0 radical (unpaired) electrons. The lowest BCUT2D eigenvalue weighted by Crippen LogP contribution is -2.45. The summed E-state index contributed by atoms with van der Waals surface area (Å²) in [5.41, 5.74) is 1.70. The van der Waals surface area contributed by atoms with Crippen molar-refractivity contribution in [2.24, 2.45) is 0 Å². The lowest BCUT2D eigenvalue weighted by Gasteiger charge is -2.24. The zero-order valence-corrected chi connectivity index (χ0v) is 16.5. The number of aromatic nitrogens is 1. The molecule has 1 aromatic carbocycles. The Morgan fingerprint density at radius 1 is 1.14 bits per heavy atom. The van der Waals surface area contributed by atoms with Crippen LogP contribution < -0.4 is 5.32 Å². The molecule has 1 atom stereocenters. The van der Waals surface area contributed by atoms with Gasteiger partial charge in [0.05, 0.1) is 5.69 Å². The molecule has 6 nitrogen and oxygen atoms in total. The quantitative estimate of drug-likeness (QED) is 0.735. The van der Waals surface area contributed by atoms with E-state index in [0.717, 1.165) is 16.8 Å². The highest BCUT2D eigenvalue weighted by molar-refractivity contribution is 5.82. The Labute approximate surface area is 165 Å². The van der Waals surface area contributed by atoms with Crippen LogP contribution in [0.15, 0.2) is 55.2 Å². The zero-order chi connectivity index (χ0) is 20.6. The zero-order valence-electron chi connectivity index (χ0n) is 16.5. The molecule has 0 fully saturated rings. The molecule has 0 saturated heterocycles. The maximum Gasteiger partial charge on any atom is 0.408 e. The second-order valence-corrected chi connectivity index (χ2v) is 7.29. The van der Waals surface area contributed by atoms with Crippen LogP contribution in [0.25, 0.3) is 6.08 Å². The summed E-state index contributed by atoms with van der Waals surface area (Å²) < 4.78 is 10.7. The van der Waals surface area contributed by atoms with Gasteiger partial charge in [0.25, 0.3) is 0 Å². The highest BCUT2D eigenvalue weighted by Gasteiger charge is 2.27. The van der Waals surface area contributed by atoms with Gasteiger partial charge >= 0.3 is 12.1 Å². The number of alkyl carbamates (subject to hydrolysis) is 1. The van der Waals surface area contributed by atoms with E-state index in [-0.39, 0.29) is 13.0 Å². The minimum absolute atomic E-state index is 0.114. The summed E-state index contributed by atoms with van der Waals surface area (Å²) >= 11 is 0. The second kappa shape index (κ2) is 9.69. The standard InChI is InChI=1S/C22H26N2O4/c1-5-18-12-11-17(14-23-18)13-19(20(25)28-22(2,3)4)24-21(26)27-15-16-9-7-6-8-10-16/h5-12,14,19H,1,13,15H2,2-4H3,(H,24,26). The van der Waals surface area contributed by atoms with Crippen molar-refractivity contribution in [3.8, 4) is 0 Å². The first-order chi connectivity index (χ1) is 13.3. The van der Waals surface area contributed by atoms with Crippen LogP contribution in [-0.4, -0.2) is 28.7 Å². The molecule has 6 heteroatoms. The van der Waals surface area contributed by atoms with Crippen LogP contribution in [0.5, 0.6) is 0 Å². The van der Waals surface area contributed by atoms with Crippen LogP contribution in [0.2, 0.25) is 0 Å². The third-order valence-electron chi connectivity index (χ3n) is 3.69. The molecule has 148 valence electrons. The largest absolute Gasteiger partial charge is 0.458 e. The number of nitrogens with zero attached hydrogens (tertiary/aromatic N) is 1. The van der Waals surface area contributed by atoms with Gasteiger partial charge in [-0.15, -0.1) is 0 Å². The third kappa shape index (κ3) is 7.23. The fourth-order valence-corrected chi connectivity index (χ4v) is 2.39. The van der Waals surface area contributed by atoms with E-state index < -0.39 is 23.7 Å². The number of hydrogen-bond donors (Lipinski definition) is 1. The molecule has 2 rings (SSSR count). The molecular formula is C22H26N2O4. The van der Waals surface area contributed by atoms with E-state index in [2.05, 4.69) is 16.9 Å². The Morgan fingerprint density at radius 3 is 2.43 bits per heavy atom. The SMILES string of the molecule is C=Cc1ccc(CC(NC(=O)OCc2ccccc2)C(=O)OC(C)(C)C)cn1. The smallest absolute Gasteiger partial charge is 0.408 e. The van der Waals surface area contributed by atoms with E-state index >= 15 is 0 Å². The van der Waals surface area contributed by atoms with Gasteiger partial charge in [0.1, 0.15) is 18.2 Å². The van der Waals surface area contributed by atoms with Gasteiger partial charge in [-0.1, -0.05) is 43.0 Å². The van der Waals surface area contributed by atoms with Gasteiger partial charge in [0, 0.05) is 12.6 Å². The summed E-state index contributed by atoms with van der Waals surface area (Å²) in [6.45, 7) is 9.10. The van der Waals surface area contributed by atoms with Crippen LogP contribution in [0, 0.1) is 0 Å². The average Bonchev–Trinajstić information content (AvgIpc) is 2.66. The Morgan fingerprint density at radius 2 is 1.86 bits per heavy atom. The molecule has 0 aliphatic heterocycles. The van der Waals surface area contributed by atoms with Gasteiger partial charge in [-0.2, -0.15) is 0 Å². The second-order valence-electron chi connectivity index (χ2n) is 7.29. The first-order valence-corrected chi connectivity index (χ1v) is 9.04. The number of hydrogen-bond acceptors (Lipinski definition) is 5.